The molecule has 28 heavy (non-hydrogen) atoms. The van der Waals surface area contributed by atoms with Crippen LogP contribution in [0.15, 0.2) is 18.2 Å². The Bertz CT molecular complexity index is 878. The van der Waals surface area contributed by atoms with Crippen molar-refractivity contribution >= 4 is 33.7 Å². The number of fused-ring (bicyclic) bond motifs is 1. The fraction of sp³-hybridized carbons (Fsp3) is 0.526. The first-order valence-electron chi connectivity index (χ1n) is 9.48. The van der Waals surface area contributed by atoms with E-state index in [0.29, 0.717) is 24.4 Å². The van der Waals surface area contributed by atoms with E-state index in [2.05, 4.69) is 15.3 Å². The fourth-order valence-corrected chi connectivity index (χ4v) is 4.55. The van der Waals surface area contributed by atoms with Crippen LogP contribution in [0.25, 0.3) is 10.9 Å². The van der Waals surface area contributed by atoms with Gasteiger partial charge in [0.25, 0.3) is 5.91 Å². The second-order valence-electron chi connectivity index (χ2n) is 6.86. The molecule has 0 bridgehead atoms. The van der Waals surface area contributed by atoms with Crippen molar-refractivity contribution in [3.05, 3.63) is 23.9 Å². The summed E-state index contributed by atoms with van der Waals surface area (Å²) in [5.41, 5.74) is 1.14. The lowest BCUT2D eigenvalue weighted by Gasteiger charge is -2.26. The molecule has 150 valence electrons. The standard InChI is InChI=1S/C19H24N4O4S/c1-26-15-4-2-3-13-16(18(24)20-14-5-12-28-19(14)25)21-23(17(13)15)7-6-22-8-10-27-11-9-22/h2-4,14H,5-12H2,1H3,(H,20,24). The summed E-state index contributed by atoms with van der Waals surface area (Å²) in [6.45, 7) is 4.73. The highest BCUT2D eigenvalue weighted by Gasteiger charge is 2.29. The van der Waals surface area contributed by atoms with Crippen LogP contribution in [-0.2, 0) is 16.1 Å². The van der Waals surface area contributed by atoms with E-state index in [0.717, 1.165) is 49.5 Å². The Morgan fingerprint density at radius 1 is 1.36 bits per heavy atom. The highest BCUT2D eigenvalue weighted by atomic mass is 32.2. The van der Waals surface area contributed by atoms with Gasteiger partial charge >= 0.3 is 0 Å². The third-order valence-electron chi connectivity index (χ3n) is 5.14. The Kier molecular flexibility index (Phi) is 5.84. The van der Waals surface area contributed by atoms with E-state index in [4.69, 9.17) is 9.47 Å². The second-order valence-corrected chi connectivity index (χ2v) is 7.96. The molecule has 1 unspecified atom stereocenters. The van der Waals surface area contributed by atoms with Gasteiger partial charge in [0.15, 0.2) is 5.69 Å². The number of methoxy groups -OCH3 is 1. The molecule has 2 saturated heterocycles. The Morgan fingerprint density at radius 2 is 2.18 bits per heavy atom. The van der Waals surface area contributed by atoms with Crippen LogP contribution in [0.3, 0.4) is 0 Å². The topological polar surface area (TPSA) is 85.7 Å². The van der Waals surface area contributed by atoms with Crippen LogP contribution in [0, 0.1) is 0 Å². The van der Waals surface area contributed by atoms with Crippen LogP contribution in [0.2, 0.25) is 0 Å². The van der Waals surface area contributed by atoms with Crippen molar-refractivity contribution in [3.8, 4) is 5.75 Å². The average Bonchev–Trinajstić information content (AvgIpc) is 3.30. The third kappa shape index (κ3) is 3.87. The van der Waals surface area contributed by atoms with Crippen LogP contribution >= 0.6 is 11.8 Å². The smallest absolute Gasteiger partial charge is 0.273 e. The summed E-state index contributed by atoms with van der Waals surface area (Å²) in [7, 11) is 1.61. The molecule has 0 radical (unpaired) electrons. The van der Waals surface area contributed by atoms with E-state index in [1.807, 2.05) is 22.9 Å². The van der Waals surface area contributed by atoms with Crippen LogP contribution in [0.5, 0.6) is 5.75 Å². The van der Waals surface area contributed by atoms with E-state index in [1.165, 1.54) is 11.8 Å². The quantitative estimate of drug-likeness (QED) is 0.773. The van der Waals surface area contributed by atoms with Crippen molar-refractivity contribution in [1.29, 1.82) is 0 Å². The number of amides is 1. The Balaban J connectivity index is 1.61. The zero-order chi connectivity index (χ0) is 19.5. The summed E-state index contributed by atoms with van der Waals surface area (Å²) in [6, 6.07) is 5.16. The number of hydrogen-bond donors (Lipinski definition) is 1. The third-order valence-corrected chi connectivity index (χ3v) is 6.15. The maximum atomic E-state index is 12.9. The molecule has 1 aromatic carbocycles. The number of ether oxygens (including phenoxy) is 2. The van der Waals surface area contributed by atoms with E-state index in [9.17, 15) is 9.59 Å². The number of rotatable bonds is 6. The maximum Gasteiger partial charge on any atom is 0.273 e. The number of thioether (sulfide) groups is 1. The Labute approximate surface area is 167 Å². The molecule has 3 heterocycles. The molecule has 1 amide bonds. The lowest BCUT2D eigenvalue weighted by Crippen LogP contribution is -2.38. The Morgan fingerprint density at radius 3 is 2.89 bits per heavy atom. The van der Waals surface area contributed by atoms with Gasteiger partial charge in [0.05, 0.1) is 32.9 Å². The molecule has 2 aliphatic rings. The lowest BCUT2D eigenvalue weighted by molar-refractivity contribution is -0.112. The number of aromatic nitrogens is 2. The van der Waals surface area contributed by atoms with Gasteiger partial charge in [-0.1, -0.05) is 23.9 Å². The summed E-state index contributed by atoms with van der Waals surface area (Å²) < 4.78 is 12.8. The molecule has 4 rings (SSSR count). The number of para-hydroxylation sites is 1. The number of benzene rings is 1. The van der Waals surface area contributed by atoms with Gasteiger partial charge in [0.1, 0.15) is 11.3 Å². The fourth-order valence-electron chi connectivity index (χ4n) is 3.61. The average molecular weight is 404 g/mol. The minimum absolute atomic E-state index is 0.0157. The number of nitrogens with zero attached hydrogens (tertiary/aromatic N) is 3. The van der Waals surface area contributed by atoms with Crippen molar-refractivity contribution in [2.75, 3.05) is 45.7 Å². The summed E-state index contributed by atoms with van der Waals surface area (Å²) in [6.07, 6.45) is 0.661. The molecular formula is C19H24N4O4S. The molecule has 0 spiro atoms. The van der Waals surface area contributed by atoms with Crippen LogP contribution in [0.4, 0.5) is 0 Å². The van der Waals surface area contributed by atoms with Gasteiger partial charge in [-0.15, -0.1) is 0 Å². The molecule has 8 nitrogen and oxygen atoms in total. The summed E-state index contributed by atoms with van der Waals surface area (Å²) >= 11 is 1.27. The zero-order valence-corrected chi connectivity index (χ0v) is 16.7. The minimum atomic E-state index is -0.434. The van der Waals surface area contributed by atoms with Crippen LogP contribution < -0.4 is 10.1 Å². The molecule has 9 heteroatoms. The summed E-state index contributed by atoms with van der Waals surface area (Å²) in [4.78, 5) is 27.1. The van der Waals surface area contributed by atoms with Gasteiger partial charge in [-0.05, 0) is 12.5 Å². The summed E-state index contributed by atoms with van der Waals surface area (Å²) in [5, 5.41) is 8.19. The Hall–Kier alpha value is -2.10. The van der Waals surface area contributed by atoms with E-state index < -0.39 is 6.04 Å². The molecule has 2 aromatic rings. The maximum absolute atomic E-state index is 12.9. The summed E-state index contributed by atoms with van der Waals surface area (Å²) in [5.74, 6) is 1.11. The van der Waals surface area contributed by atoms with Gasteiger partial charge in [0, 0.05) is 30.8 Å². The number of nitrogens with one attached hydrogen (secondary N) is 1. The molecule has 2 aliphatic heterocycles. The second kappa shape index (κ2) is 8.50. The first-order chi connectivity index (χ1) is 13.7. The van der Waals surface area contributed by atoms with Gasteiger partial charge in [-0.3, -0.25) is 19.2 Å². The van der Waals surface area contributed by atoms with Crippen molar-refractivity contribution in [2.24, 2.45) is 0 Å². The highest BCUT2D eigenvalue weighted by molar-refractivity contribution is 8.14. The van der Waals surface area contributed by atoms with E-state index >= 15 is 0 Å². The van der Waals surface area contributed by atoms with Crippen molar-refractivity contribution < 1.29 is 19.1 Å². The van der Waals surface area contributed by atoms with Crippen molar-refractivity contribution in [3.63, 3.8) is 0 Å². The van der Waals surface area contributed by atoms with E-state index in [1.54, 1.807) is 7.11 Å². The first kappa shape index (κ1) is 19.2. The molecule has 0 saturated carbocycles. The molecule has 1 N–H and O–H groups in total. The van der Waals surface area contributed by atoms with Crippen molar-refractivity contribution in [1.82, 2.24) is 20.0 Å². The molecule has 0 aliphatic carbocycles. The van der Waals surface area contributed by atoms with Gasteiger partial charge in [-0.2, -0.15) is 5.10 Å². The van der Waals surface area contributed by atoms with Crippen LogP contribution in [-0.4, -0.2) is 77.5 Å². The first-order valence-corrected chi connectivity index (χ1v) is 10.5. The zero-order valence-electron chi connectivity index (χ0n) is 15.8. The number of carbonyl (C=O) groups is 2. The number of morpholine rings is 1. The molecule has 2 fully saturated rings. The predicted molar refractivity (Wildman–Crippen MR) is 107 cm³/mol. The van der Waals surface area contributed by atoms with Gasteiger partial charge in [-0.25, -0.2) is 0 Å². The molecule has 1 atom stereocenters. The predicted octanol–water partition coefficient (Wildman–Crippen LogP) is 1.14. The lowest BCUT2D eigenvalue weighted by atomic mass is 10.1. The largest absolute Gasteiger partial charge is 0.494 e. The number of carbonyl (C=O) groups excluding carboxylic acids is 2. The normalized spacial score (nSPS) is 20.6. The monoisotopic (exact) mass is 404 g/mol. The van der Waals surface area contributed by atoms with Crippen molar-refractivity contribution in [2.45, 2.75) is 19.0 Å². The van der Waals surface area contributed by atoms with Crippen LogP contribution in [0.1, 0.15) is 16.9 Å². The SMILES string of the molecule is COc1cccc2c(C(=O)NC3CCSC3=O)nn(CCN3CCOCC3)c12. The highest BCUT2D eigenvalue weighted by Crippen LogP contribution is 2.28. The molecular weight excluding hydrogens is 380 g/mol. The van der Waals surface area contributed by atoms with Gasteiger partial charge < -0.3 is 14.8 Å². The minimum Gasteiger partial charge on any atom is -0.494 e. The molecule has 1 aromatic heterocycles. The van der Waals surface area contributed by atoms with E-state index in [-0.39, 0.29) is 11.0 Å². The van der Waals surface area contributed by atoms with Gasteiger partial charge in [0.2, 0.25) is 5.12 Å². The number of hydrogen-bond acceptors (Lipinski definition) is 7.